The zero-order valence-electron chi connectivity index (χ0n) is 27.7. The normalized spacial score (nSPS) is 13.7. The van der Waals surface area contributed by atoms with Crippen LogP contribution in [0.15, 0.2) is 94.7 Å². The lowest BCUT2D eigenvalue weighted by molar-refractivity contribution is 0.153. The Balaban J connectivity index is 1.01. The molecule has 0 heterocycles. The number of amides is 6. The summed E-state index contributed by atoms with van der Waals surface area (Å²) in [5.74, 6) is 0. The summed E-state index contributed by atoms with van der Waals surface area (Å²) in [5, 5.41) is 16.1. The van der Waals surface area contributed by atoms with Gasteiger partial charge in [0.25, 0.3) is 0 Å². The molecule has 264 valence electrons. The molecular formula is C36H36N6O8S. The number of carbonyl (C=O) groups is 4. The SMILES string of the molecule is Cc1ccc(NC(=O)Nc2ccc(S(=O)(=O)c3ccc(NC(=O)Nc4ccc(C)c(NC(=O)OC5CC5)c4)cc3)cc2)cc1NC(=O)OC1CC1. The van der Waals surface area contributed by atoms with Crippen molar-refractivity contribution in [1.29, 1.82) is 0 Å². The van der Waals surface area contributed by atoms with E-state index in [0.717, 1.165) is 36.8 Å². The van der Waals surface area contributed by atoms with Crippen molar-refractivity contribution in [2.24, 2.45) is 0 Å². The van der Waals surface area contributed by atoms with Gasteiger partial charge in [0, 0.05) is 34.1 Å². The van der Waals surface area contributed by atoms with Crippen molar-refractivity contribution < 1.29 is 37.1 Å². The van der Waals surface area contributed by atoms with Gasteiger partial charge in [0.1, 0.15) is 12.2 Å². The molecule has 0 bridgehead atoms. The highest BCUT2D eigenvalue weighted by Gasteiger charge is 2.27. The van der Waals surface area contributed by atoms with Gasteiger partial charge in [-0.3, -0.25) is 10.6 Å². The van der Waals surface area contributed by atoms with Gasteiger partial charge in [-0.15, -0.1) is 0 Å². The van der Waals surface area contributed by atoms with Gasteiger partial charge in [-0.05, 0) is 123 Å². The fourth-order valence-electron chi connectivity index (χ4n) is 4.78. The number of aryl methyl sites for hydroxylation is 2. The first kappa shape index (κ1) is 34.8. The Labute approximate surface area is 294 Å². The average molecular weight is 713 g/mol. The van der Waals surface area contributed by atoms with Crippen LogP contribution in [0.5, 0.6) is 0 Å². The van der Waals surface area contributed by atoms with Crippen LogP contribution < -0.4 is 31.9 Å². The number of carbonyl (C=O) groups excluding carboxylic acids is 4. The maximum absolute atomic E-state index is 13.3. The Morgan fingerprint density at radius 1 is 0.510 bits per heavy atom. The number of anilines is 6. The number of ether oxygens (including phenoxy) is 2. The molecule has 6 N–H and O–H groups in total. The molecule has 0 atom stereocenters. The number of urea groups is 2. The molecule has 6 rings (SSSR count). The topological polar surface area (TPSA) is 193 Å². The fourth-order valence-corrected chi connectivity index (χ4v) is 6.04. The first-order valence-corrected chi connectivity index (χ1v) is 17.7. The molecule has 15 heteroatoms. The van der Waals surface area contributed by atoms with Crippen LogP contribution in [0.25, 0.3) is 0 Å². The summed E-state index contributed by atoms with van der Waals surface area (Å²) in [6.07, 6.45) is 2.23. The van der Waals surface area contributed by atoms with E-state index in [4.69, 9.17) is 9.47 Å². The zero-order chi connectivity index (χ0) is 36.1. The van der Waals surface area contributed by atoms with Crippen LogP contribution in [0, 0.1) is 13.8 Å². The van der Waals surface area contributed by atoms with Gasteiger partial charge in [-0.25, -0.2) is 27.6 Å². The molecule has 51 heavy (non-hydrogen) atoms. The maximum Gasteiger partial charge on any atom is 0.411 e. The monoisotopic (exact) mass is 712 g/mol. The molecule has 14 nitrogen and oxygen atoms in total. The van der Waals surface area contributed by atoms with Crippen molar-refractivity contribution >= 4 is 68.2 Å². The molecule has 6 amide bonds. The van der Waals surface area contributed by atoms with E-state index >= 15 is 0 Å². The Kier molecular flexibility index (Phi) is 10.1. The summed E-state index contributed by atoms with van der Waals surface area (Å²) in [6.45, 7) is 3.63. The molecule has 0 radical (unpaired) electrons. The van der Waals surface area contributed by atoms with E-state index in [2.05, 4.69) is 31.9 Å². The van der Waals surface area contributed by atoms with E-state index in [9.17, 15) is 27.6 Å². The van der Waals surface area contributed by atoms with Crippen molar-refractivity contribution in [3.63, 3.8) is 0 Å². The maximum atomic E-state index is 13.3. The number of rotatable bonds is 10. The van der Waals surface area contributed by atoms with E-state index < -0.39 is 34.1 Å². The van der Waals surface area contributed by atoms with Crippen molar-refractivity contribution in [3.05, 3.63) is 96.1 Å². The summed E-state index contributed by atoms with van der Waals surface area (Å²) < 4.78 is 37.0. The lowest BCUT2D eigenvalue weighted by Gasteiger charge is -2.13. The van der Waals surface area contributed by atoms with Gasteiger partial charge in [0.2, 0.25) is 9.84 Å². The van der Waals surface area contributed by atoms with Crippen molar-refractivity contribution in [2.45, 2.75) is 61.5 Å². The van der Waals surface area contributed by atoms with E-state index in [-0.39, 0.29) is 22.0 Å². The predicted molar refractivity (Wildman–Crippen MR) is 192 cm³/mol. The van der Waals surface area contributed by atoms with Crippen LogP contribution in [-0.2, 0) is 19.3 Å². The number of sulfone groups is 1. The Morgan fingerprint density at radius 2 is 0.843 bits per heavy atom. The highest BCUT2D eigenvalue weighted by molar-refractivity contribution is 7.91. The Bertz CT molecular complexity index is 1940. The number of hydrogen-bond acceptors (Lipinski definition) is 8. The molecular weight excluding hydrogens is 676 g/mol. The van der Waals surface area contributed by atoms with Crippen LogP contribution in [0.2, 0.25) is 0 Å². The quantitative estimate of drug-likeness (QED) is 0.0957. The largest absolute Gasteiger partial charge is 0.446 e. The minimum Gasteiger partial charge on any atom is -0.446 e. The average Bonchev–Trinajstić information content (AvgIpc) is 4.03. The summed E-state index contributed by atoms with van der Waals surface area (Å²) in [7, 11) is -3.92. The first-order valence-electron chi connectivity index (χ1n) is 16.2. The summed E-state index contributed by atoms with van der Waals surface area (Å²) in [4.78, 5) is 49.4. The third-order valence-corrected chi connectivity index (χ3v) is 9.69. The first-order chi connectivity index (χ1) is 24.4. The van der Waals surface area contributed by atoms with Gasteiger partial charge < -0.3 is 30.7 Å². The van der Waals surface area contributed by atoms with E-state index in [1.807, 2.05) is 13.8 Å². The molecule has 0 aliphatic heterocycles. The second-order valence-corrected chi connectivity index (χ2v) is 14.2. The standard InChI is InChI=1S/C36H36N6O8S/c1-21-3-5-25(19-31(21)41-35(45)49-27-11-12-27)39-33(43)37-23-7-15-29(16-8-23)51(47,48)30-17-9-24(10-18-30)38-34(44)40-26-6-4-22(2)32(20-26)42-36(46)50-28-13-14-28/h3-10,15-20,27-28H,11-14H2,1-2H3,(H,41,45)(H,42,46)(H2,37,39,43)(H2,38,40,44). The number of hydrogen-bond donors (Lipinski definition) is 6. The molecule has 2 aliphatic rings. The zero-order valence-corrected chi connectivity index (χ0v) is 28.6. The van der Waals surface area contributed by atoms with Crippen LogP contribution in [0.1, 0.15) is 36.8 Å². The van der Waals surface area contributed by atoms with Crippen molar-refractivity contribution in [2.75, 3.05) is 31.9 Å². The Hall–Kier alpha value is -6.09. The second-order valence-electron chi connectivity index (χ2n) is 12.2. The minimum atomic E-state index is -3.92. The second kappa shape index (κ2) is 14.8. The van der Waals surface area contributed by atoms with Crippen LogP contribution in [0.3, 0.4) is 0 Å². The lowest BCUT2D eigenvalue weighted by atomic mass is 10.2. The fraction of sp³-hybridized carbons (Fsp3) is 0.222. The number of nitrogens with one attached hydrogen (secondary N) is 6. The van der Waals surface area contributed by atoms with Crippen LogP contribution >= 0.6 is 0 Å². The lowest BCUT2D eigenvalue weighted by Crippen LogP contribution is -2.20. The van der Waals surface area contributed by atoms with Crippen molar-refractivity contribution in [3.8, 4) is 0 Å². The van der Waals surface area contributed by atoms with Gasteiger partial charge in [0.05, 0.1) is 9.79 Å². The molecule has 0 aromatic heterocycles. The molecule has 4 aromatic carbocycles. The van der Waals surface area contributed by atoms with Gasteiger partial charge >= 0.3 is 24.2 Å². The summed E-state index contributed by atoms with van der Waals surface area (Å²) >= 11 is 0. The van der Waals surface area contributed by atoms with E-state index in [0.29, 0.717) is 34.1 Å². The third-order valence-electron chi connectivity index (χ3n) is 7.91. The molecule has 2 fully saturated rings. The molecule has 2 aliphatic carbocycles. The van der Waals surface area contributed by atoms with E-state index in [1.54, 1.807) is 36.4 Å². The Morgan fingerprint density at radius 3 is 1.20 bits per heavy atom. The van der Waals surface area contributed by atoms with Gasteiger partial charge in [-0.2, -0.15) is 0 Å². The highest BCUT2D eigenvalue weighted by Crippen LogP contribution is 2.28. The highest BCUT2D eigenvalue weighted by atomic mass is 32.2. The van der Waals surface area contributed by atoms with Crippen molar-refractivity contribution in [1.82, 2.24) is 0 Å². The van der Waals surface area contributed by atoms with Gasteiger partial charge in [0.15, 0.2) is 0 Å². The molecule has 4 aromatic rings. The molecule has 0 saturated heterocycles. The molecule has 0 spiro atoms. The molecule has 0 unspecified atom stereocenters. The van der Waals surface area contributed by atoms with Gasteiger partial charge in [-0.1, -0.05) is 12.1 Å². The minimum absolute atomic E-state index is 0.00374. The smallest absolute Gasteiger partial charge is 0.411 e. The predicted octanol–water partition coefficient (Wildman–Crippen LogP) is 7.85. The van der Waals surface area contributed by atoms with Crippen LogP contribution in [0.4, 0.5) is 53.3 Å². The summed E-state index contributed by atoms with van der Waals surface area (Å²) in [5.41, 5.74) is 4.14. The van der Waals surface area contributed by atoms with Crippen LogP contribution in [-0.4, -0.2) is 44.9 Å². The van der Waals surface area contributed by atoms with E-state index in [1.165, 1.54) is 48.5 Å². The molecule has 2 saturated carbocycles. The number of benzene rings is 4. The summed E-state index contributed by atoms with van der Waals surface area (Å²) in [6, 6.07) is 20.3. The third kappa shape index (κ3) is 9.54.